The van der Waals surface area contributed by atoms with E-state index in [4.69, 9.17) is 16.0 Å². The van der Waals surface area contributed by atoms with E-state index in [-0.39, 0.29) is 17.1 Å². The number of amides is 1. The summed E-state index contributed by atoms with van der Waals surface area (Å²) in [5, 5.41) is 0.843. The van der Waals surface area contributed by atoms with E-state index < -0.39 is 6.04 Å². The molecule has 0 bridgehead atoms. The van der Waals surface area contributed by atoms with Crippen LogP contribution in [0.2, 0.25) is 5.02 Å². The van der Waals surface area contributed by atoms with E-state index in [1.807, 2.05) is 38.4 Å². The van der Waals surface area contributed by atoms with Gasteiger partial charge in [0.15, 0.2) is 5.43 Å². The summed E-state index contributed by atoms with van der Waals surface area (Å²) in [4.78, 5) is 30.5. The maximum Gasteiger partial charge on any atom is 0.290 e. The zero-order valence-corrected chi connectivity index (χ0v) is 18.5. The van der Waals surface area contributed by atoms with Crippen LogP contribution in [0.3, 0.4) is 0 Å². The molecule has 1 aliphatic rings. The average Bonchev–Trinajstić information content (AvgIpc) is 2.95. The molecule has 0 radical (unpaired) electrons. The van der Waals surface area contributed by atoms with Crippen molar-refractivity contribution < 1.29 is 9.21 Å². The van der Waals surface area contributed by atoms with Crippen LogP contribution in [-0.2, 0) is 0 Å². The highest BCUT2D eigenvalue weighted by molar-refractivity contribution is 9.10. The van der Waals surface area contributed by atoms with Gasteiger partial charge in [0.1, 0.15) is 5.58 Å². The predicted molar refractivity (Wildman–Crippen MR) is 118 cm³/mol. The molecule has 1 atom stereocenters. The number of carbonyl (C=O) groups is 1. The lowest BCUT2D eigenvalue weighted by atomic mass is 9.98. The molecule has 5 nitrogen and oxygen atoms in total. The first-order valence-corrected chi connectivity index (χ1v) is 10.5. The zero-order valence-electron chi connectivity index (χ0n) is 16.1. The summed E-state index contributed by atoms with van der Waals surface area (Å²) in [6.07, 6.45) is 0.788. The molecule has 2 aromatic carbocycles. The Labute approximate surface area is 182 Å². The van der Waals surface area contributed by atoms with Gasteiger partial charge in [-0.25, -0.2) is 0 Å². The first kappa shape index (κ1) is 20.1. The Hall–Kier alpha value is -2.15. The molecule has 1 aromatic heterocycles. The molecule has 1 amide bonds. The number of hydrogen-bond donors (Lipinski definition) is 0. The van der Waals surface area contributed by atoms with Crippen LogP contribution in [0.15, 0.2) is 56.1 Å². The molecule has 3 aromatic rings. The van der Waals surface area contributed by atoms with Crippen molar-refractivity contribution in [2.75, 3.05) is 27.2 Å². The summed E-state index contributed by atoms with van der Waals surface area (Å²) in [5.74, 6) is -0.127. The molecule has 150 valence electrons. The number of carbonyl (C=O) groups excluding carboxylic acids is 1. The lowest BCUT2D eigenvalue weighted by Crippen LogP contribution is -2.32. The Balaban J connectivity index is 1.89. The van der Waals surface area contributed by atoms with Gasteiger partial charge in [0.25, 0.3) is 5.91 Å². The predicted octanol–water partition coefficient (Wildman–Crippen LogP) is 4.71. The molecule has 7 heteroatoms. The Morgan fingerprint density at radius 3 is 2.69 bits per heavy atom. The Morgan fingerprint density at radius 1 is 1.17 bits per heavy atom. The molecule has 0 N–H and O–H groups in total. The fourth-order valence-electron chi connectivity index (χ4n) is 3.80. The molecule has 1 aliphatic heterocycles. The van der Waals surface area contributed by atoms with Crippen molar-refractivity contribution >= 4 is 44.4 Å². The van der Waals surface area contributed by atoms with Crippen LogP contribution in [0.5, 0.6) is 0 Å². The minimum atomic E-state index is -0.489. The van der Waals surface area contributed by atoms with Gasteiger partial charge in [-0.05, 0) is 63.0 Å². The fraction of sp³-hybridized carbons (Fsp3) is 0.273. The van der Waals surface area contributed by atoms with Crippen LogP contribution in [0.25, 0.3) is 11.0 Å². The number of hydrogen-bond acceptors (Lipinski definition) is 4. The largest absolute Gasteiger partial charge is 0.450 e. The summed E-state index contributed by atoms with van der Waals surface area (Å²) >= 11 is 9.60. The molecule has 4 rings (SSSR count). The molecular formula is C22H20BrClN2O3. The zero-order chi connectivity index (χ0) is 20.7. The summed E-state index contributed by atoms with van der Waals surface area (Å²) in [5.41, 5.74) is 1.41. The normalized spacial score (nSPS) is 16.1. The van der Waals surface area contributed by atoms with Crippen molar-refractivity contribution in [2.45, 2.75) is 12.5 Å². The van der Waals surface area contributed by atoms with E-state index in [1.165, 1.54) is 0 Å². The van der Waals surface area contributed by atoms with Crippen molar-refractivity contribution in [3.63, 3.8) is 0 Å². The number of halogens is 2. The third kappa shape index (κ3) is 3.72. The van der Waals surface area contributed by atoms with Gasteiger partial charge < -0.3 is 14.2 Å². The second-order valence-corrected chi connectivity index (χ2v) is 8.78. The van der Waals surface area contributed by atoms with Gasteiger partial charge in [-0.15, -0.1) is 0 Å². The highest BCUT2D eigenvalue weighted by Gasteiger charge is 2.42. The number of nitrogens with zero attached hydrogens (tertiary/aromatic N) is 2. The van der Waals surface area contributed by atoms with Crippen LogP contribution >= 0.6 is 27.5 Å². The lowest BCUT2D eigenvalue weighted by molar-refractivity contribution is 0.0722. The van der Waals surface area contributed by atoms with Gasteiger partial charge in [-0.2, -0.15) is 0 Å². The first-order valence-electron chi connectivity index (χ1n) is 9.34. The minimum absolute atomic E-state index is 0.125. The Morgan fingerprint density at radius 2 is 1.97 bits per heavy atom. The summed E-state index contributed by atoms with van der Waals surface area (Å²) in [7, 11) is 3.99. The van der Waals surface area contributed by atoms with E-state index >= 15 is 0 Å². The number of benzene rings is 2. The summed E-state index contributed by atoms with van der Waals surface area (Å²) in [6, 6.07) is 12.1. The quantitative estimate of drug-likeness (QED) is 0.536. The summed E-state index contributed by atoms with van der Waals surface area (Å²) < 4.78 is 6.81. The van der Waals surface area contributed by atoms with E-state index in [1.54, 1.807) is 23.1 Å². The van der Waals surface area contributed by atoms with Crippen molar-refractivity contribution in [2.24, 2.45) is 0 Å². The van der Waals surface area contributed by atoms with Crippen LogP contribution < -0.4 is 5.43 Å². The van der Waals surface area contributed by atoms with Crippen LogP contribution in [0.1, 0.15) is 34.1 Å². The van der Waals surface area contributed by atoms with Gasteiger partial charge >= 0.3 is 0 Å². The molecular weight excluding hydrogens is 456 g/mol. The molecule has 1 unspecified atom stereocenters. The third-order valence-corrected chi connectivity index (χ3v) is 5.82. The molecule has 2 heterocycles. The van der Waals surface area contributed by atoms with Gasteiger partial charge in [-0.1, -0.05) is 39.7 Å². The molecule has 0 saturated heterocycles. The van der Waals surface area contributed by atoms with E-state index in [0.717, 1.165) is 23.0 Å². The maximum atomic E-state index is 13.4. The van der Waals surface area contributed by atoms with Crippen LogP contribution in [0, 0.1) is 0 Å². The Bertz CT molecular complexity index is 1160. The van der Waals surface area contributed by atoms with Gasteiger partial charge in [-0.3, -0.25) is 9.59 Å². The maximum absolute atomic E-state index is 13.4. The van der Waals surface area contributed by atoms with Gasteiger partial charge in [0.2, 0.25) is 5.76 Å². The third-order valence-electron chi connectivity index (χ3n) is 5.10. The fourth-order valence-corrected chi connectivity index (χ4v) is 4.39. The van der Waals surface area contributed by atoms with Gasteiger partial charge in [0.05, 0.1) is 17.0 Å². The molecule has 0 aliphatic carbocycles. The Kier molecular flexibility index (Phi) is 5.51. The molecule has 0 saturated carbocycles. The SMILES string of the molecule is CN(C)CCCN1C(=O)c2oc3ccc(Cl)cc3c(=O)c2C1c1cccc(Br)c1. The molecule has 29 heavy (non-hydrogen) atoms. The van der Waals surface area contributed by atoms with Crippen molar-refractivity contribution in [3.8, 4) is 0 Å². The second kappa shape index (κ2) is 7.94. The van der Waals surface area contributed by atoms with Crippen molar-refractivity contribution in [1.82, 2.24) is 9.80 Å². The number of rotatable bonds is 5. The first-order chi connectivity index (χ1) is 13.9. The lowest BCUT2D eigenvalue weighted by Gasteiger charge is -2.26. The van der Waals surface area contributed by atoms with Crippen molar-refractivity contribution in [3.05, 3.63) is 79.1 Å². The van der Waals surface area contributed by atoms with Crippen LogP contribution in [0.4, 0.5) is 0 Å². The van der Waals surface area contributed by atoms with E-state index in [9.17, 15) is 9.59 Å². The van der Waals surface area contributed by atoms with Crippen LogP contribution in [-0.4, -0.2) is 42.9 Å². The minimum Gasteiger partial charge on any atom is -0.450 e. The molecule has 0 spiro atoms. The second-order valence-electron chi connectivity index (χ2n) is 7.43. The van der Waals surface area contributed by atoms with Crippen molar-refractivity contribution in [1.29, 1.82) is 0 Å². The standard InChI is InChI=1S/C22H20BrClN2O3/c1-25(2)9-4-10-26-19(13-5-3-6-14(23)11-13)18-20(27)16-12-15(24)7-8-17(16)29-21(18)22(26)28/h3,5-8,11-12,19H,4,9-10H2,1-2H3. The highest BCUT2D eigenvalue weighted by atomic mass is 79.9. The van der Waals surface area contributed by atoms with E-state index in [2.05, 4.69) is 20.8 Å². The summed E-state index contributed by atoms with van der Waals surface area (Å²) in [6.45, 7) is 1.36. The topological polar surface area (TPSA) is 53.8 Å². The monoisotopic (exact) mass is 474 g/mol. The highest BCUT2D eigenvalue weighted by Crippen LogP contribution is 2.39. The van der Waals surface area contributed by atoms with Gasteiger partial charge in [0, 0.05) is 16.0 Å². The van der Waals surface area contributed by atoms with E-state index in [0.29, 0.717) is 28.1 Å². The number of fused-ring (bicyclic) bond motifs is 2. The average molecular weight is 476 g/mol. The molecule has 0 fully saturated rings. The smallest absolute Gasteiger partial charge is 0.290 e.